The number of anilines is 1. The van der Waals surface area contributed by atoms with Crippen molar-refractivity contribution in [1.29, 1.82) is 0 Å². The van der Waals surface area contributed by atoms with E-state index >= 15 is 0 Å². The summed E-state index contributed by atoms with van der Waals surface area (Å²) in [5.41, 5.74) is 6.71. The second kappa shape index (κ2) is 7.25. The first-order valence-corrected chi connectivity index (χ1v) is 10.9. The predicted octanol–water partition coefficient (Wildman–Crippen LogP) is 5.08. The number of carbonyl (C=O) groups is 1. The van der Waals surface area contributed by atoms with E-state index in [0.717, 1.165) is 41.2 Å². The second-order valence-electron chi connectivity index (χ2n) is 7.81. The van der Waals surface area contributed by atoms with Gasteiger partial charge in [-0.25, -0.2) is 9.67 Å². The molecule has 1 amide bonds. The smallest absolute Gasteiger partial charge is 0.276 e. The molecule has 1 saturated carbocycles. The lowest BCUT2D eigenvalue weighted by atomic mass is 10.2. The van der Waals surface area contributed by atoms with E-state index in [1.807, 2.05) is 48.8 Å². The third-order valence-electron chi connectivity index (χ3n) is 5.73. The van der Waals surface area contributed by atoms with Gasteiger partial charge in [-0.15, -0.1) is 11.3 Å². The first-order chi connectivity index (χ1) is 14.5. The summed E-state index contributed by atoms with van der Waals surface area (Å²) in [5, 5.41) is 10.3. The van der Waals surface area contributed by atoms with Crippen molar-refractivity contribution in [3.8, 4) is 16.9 Å². The SMILES string of the molecule is Cc1cc(-c2csc(NC(=O)c3cc(C4CC4)nn3-c3ccccc3)n2)c(C)n1C. The highest BCUT2D eigenvalue weighted by atomic mass is 32.1. The number of nitrogens with one attached hydrogen (secondary N) is 1. The molecule has 0 atom stereocenters. The van der Waals surface area contributed by atoms with Gasteiger partial charge in [0, 0.05) is 35.3 Å². The van der Waals surface area contributed by atoms with E-state index in [-0.39, 0.29) is 5.91 Å². The zero-order valence-electron chi connectivity index (χ0n) is 17.2. The monoisotopic (exact) mass is 417 g/mol. The van der Waals surface area contributed by atoms with Crippen molar-refractivity contribution in [2.45, 2.75) is 32.6 Å². The highest BCUT2D eigenvalue weighted by molar-refractivity contribution is 7.14. The van der Waals surface area contributed by atoms with Gasteiger partial charge in [0.1, 0.15) is 5.69 Å². The number of para-hydroxylation sites is 1. The fraction of sp³-hybridized carbons (Fsp3) is 0.261. The number of nitrogens with zero attached hydrogens (tertiary/aromatic N) is 4. The maximum Gasteiger partial charge on any atom is 0.276 e. The molecule has 0 unspecified atom stereocenters. The predicted molar refractivity (Wildman–Crippen MR) is 119 cm³/mol. The number of carbonyl (C=O) groups excluding carboxylic acids is 1. The molecular formula is C23H23N5OS. The van der Waals surface area contributed by atoms with E-state index in [1.54, 1.807) is 4.68 Å². The van der Waals surface area contributed by atoms with E-state index in [1.165, 1.54) is 17.0 Å². The normalized spacial score (nSPS) is 13.6. The lowest BCUT2D eigenvalue weighted by molar-refractivity contribution is 0.101. The van der Waals surface area contributed by atoms with E-state index in [9.17, 15) is 4.79 Å². The minimum atomic E-state index is -0.194. The number of benzene rings is 1. The highest BCUT2D eigenvalue weighted by Crippen LogP contribution is 2.40. The van der Waals surface area contributed by atoms with Crippen LogP contribution in [0.4, 0.5) is 5.13 Å². The molecule has 0 radical (unpaired) electrons. The topological polar surface area (TPSA) is 64.7 Å². The Morgan fingerprint density at radius 2 is 1.93 bits per heavy atom. The van der Waals surface area contributed by atoms with Crippen molar-refractivity contribution < 1.29 is 4.79 Å². The summed E-state index contributed by atoms with van der Waals surface area (Å²) in [6.07, 6.45) is 2.27. The summed E-state index contributed by atoms with van der Waals surface area (Å²) in [5.74, 6) is 0.275. The van der Waals surface area contributed by atoms with Gasteiger partial charge in [0.2, 0.25) is 0 Å². The standard InChI is InChI=1S/C23H23N5OS/c1-14-11-18(15(2)27(14)3)20-13-30-23(24-20)25-22(29)21-12-19(16-9-10-16)26-28(21)17-7-5-4-6-8-17/h4-8,11-13,16H,9-10H2,1-3H3,(H,24,25,29). The molecule has 0 saturated heterocycles. The van der Waals surface area contributed by atoms with Crippen LogP contribution in [0.25, 0.3) is 16.9 Å². The number of aromatic nitrogens is 4. The van der Waals surface area contributed by atoms with Crippen LogP contribution >= 0.6 is 11.3 Å². The van der Waals surface area contributed by atoms with Crippen LogP contribution in [0, 0.1) is 13.8 Å². The second-order valence-corrected chi connectivity index (χ2v) is 8.67. The Kier molecular flexibility index (Phi) is 4.55. The van der Waals surface area contributed by atoms with Crippen LogP contribution in [-0.2, 0) is 7.05 Å². The fourth-order valence-electron chi connectivity index (χ4n) is 3.64. The molecule has 5 rings (SSSR count). The summed E-state index contributed by atoms with van der Waals surface area (Å²) in [6.45, 7) is 4.16. The van der Waals surface area contributed by atoms with Crippen LogP contribution in [0.3, 0.4) is 0 Å². The zero-order valence-corrected chi connectivity index (χ0v) is 18.0. The maximum absolute atomic E-state index is 13.1. The first kappa shape index (κ1) is 18.8. The summed E-state index contributed by atoms with van der Waals surface area (Å²) in [4.78, 5) is 17.8. The summed E-state index contributed by atoms with van der Waals surface area (Å²) >= 11 is 1.44. The molecule has 3 heterocycles. The van der Waals surface area contributed by atoms with Crippen molar-refractivity contribution in [1.82, 2.24) is 19.3 Å². The molecule has 0 aliphatic heterocycles. The van der Waals surface area contributed by atoms with Crippen LogP contribution in [0.1, 0.15) is 46.3 Å². The molecule has 1 aliphatic rings. The first-order valence-electron chi connectivity index (χ1n) is 10.1. The van der Waals surface area contributed by atoms with E-state index in [4.69, 9.17) is 5.10 Å². The average molecular weight is 418 g/mol. The highest BCUT2D eigenvalue weighted by Gasteiger charge is 2.29. The van der Waals surface area contributed by atoms with Crippen molar-refractivity contribution in [2.24, 2.45) is 7.05 Å². The Morgan fingerprint density at radius 1 is 1.17 bits per heavy atom. The van der Waals surface area contributed by atoms with Gasteiger partial charge in [-0.1, -0.05) is 18.2 Å². The van der Waals surface area contributed by atoms with Gasteiger partial charge in [0.25, 0.3) is 5.91 Å². The lowest BCUT2D eigenvalue weighted by Gasteiger charge is -2.06. The number of thiazole rings is 1. The van der Waals surface area contributed by atoms with Crippen molar-refractivity contribution in [3.63, 3.8) is 0 Å². The Balaban J connectivity index is 1.44. The quantitative estimate of drug-likeness (QED) is 0.492. The van der Waals surface area contributed by atoms with Gasteiger partial charge >= 0.3 is 0 Å². The Hall–Kier alpha value is -3.19. The minimum absolute atomic E-state index is 0.194. The summed E-state index contributed by atoms with van der Waals surface area (Å²) in [7, 11) is 2.05. The van der Waals surface area contributed by atoms with Crippen LogP contribution in [0.5, 0.6) is 0 Å². The van der Waals surface area contributed by atoms with Gasteiger partial charge in [-0.05, 0) is 51.0 Å². The van der Waals surface area contributed by atoms with Crippen LogP contribution in [0.2, 0.25) is 0 Å². The van der Waals surface area contributed by atoms with E-state index in [2.05, 4.69) is 34.8 Å². The Morgan fingerprint density at radius 3 is 2.60 bits per heavy atom. The van der Waals surface area contributed by atoms with E-state index < -0.39 is 0 Å². The average Bonchev–Trinajstić information content (AvgIpc) is 3.24. The molecule has 0 spiro atoms. The molecule has 6 nitrogen and oxygen atoms in total. The molecule has 1 aliphatic carbocycles. The zero-order chi connectivity index (χ0) is 20.8. The summed E-state index contributed by atoms with van der Waals surface area (Å²) < 4.78 is 3.88. The van der Waals surface area contributed by atoms with Crippen LogP contribution in [0.15, 0.2) is 47.8 Å². The summed E-state index contributed by atoms with van der Waals surface area (Å²) in [6, 6.07) is 13.8. The Labute approximate surface area is 179 Å². The lowest BCUT2D eigenvalue weighted by Crippen LogP contribution is -2.16. The largest absolute Gasteiger partial charge is 0.351 e. The third kappa shape index (κ3) is 3.35. The third-order valence-corrected chi connectivity index (χ3v) is 6.49. The number of hydrogen-bond donors (Lipinski definition) is 1. The molecule has 1 N–H and O–H groups in total. The molecule has 30 heavy (non-hydrogen) atoms. The van der Waals surface area contributed by atoms with Gasteiger partial charge in [-0.3, -0.25) is 10.1 Å². The van der Waals surface area contributed by atoms with Crippen LogP contribution < -0.4 is 5.32 Å². The Bertz CT molecular complexity index is 1230. The van der Waals surface area contributed by atoms with Gasteiger partial charge in [0.15, 0.2) is 5.13 Å². The molecule has 0 bridgehead atoms. The minimum Gasteiger partial charge on any atom is -0.351 e. The maximum atomic E-state index is 13.1. The number of hydrogen-bond acceptors (Lipinski definition) is 4. The molecule has 7 heteroatoms. The van der Waals surface area contributed by atoms with Crippen molar-refractivity contribution >= 4 is 22.4 Å². The van der Waals surface area contributed by atoms with Crippen LogP contribution in [-0.4, -0.2) is 25.2 Å². The molecule has 1 aromatic carbocycles. The van der Waals surface area contributed by atoms with Gasteiger partial charge in [0.05, 0.1) is 17.1 Å². The molecule has 1 fully saturated rings. The van der Waals surface area contributed by atoms with Crippen molar-refractivity contribution in [3.05, 3.63) is 70.6 Å². The molecule has 152 valence electrons. The number of rotatable bonds is 5. The van der Waals surface area contributed by atoms with Crippen molar-refractivity contribution in [2.75, 3.05) is 5.32 Å². The number of aryl methyl sites for hydroxylation is 1. The van der Waals surface area contributed by atoms with E-state index in [0.29, 0.717) is 16.7 Å². The molecular weight excluding hydrogens is 394 g/mol. The molecule has 3 aromatic heterocycles. The van der Waals surface area contributed by atoms with Gasteiger partial charge in [-0.2, -0.15) is 5.10 Å². The molecule has 4 aromatic rings. The fourth-order valence-corrected chi connectivity index (χ4v) is 4.34. The van der Waals surface area contributed by atoms with Gasteiger partial charge < -0.3 is 4.57 Å². The number of amides is 1.